The second-order valence-electron chi connectivity index (χ2n) is 4.57. The third kappa shape index (κ3) is 2.38. The predicted molar refractivity (Wildman–Crippen MR) is 57.8 cm³/mol. The molecule has 4 heteroatoms. The van der Waals surface area contributed by atoms with Crippen LogP contribution in [0.3, 0.4) is 0 Å². The van der Waals surface area contributed by atoms with E-state index in [0.29, 0.717) is 25.6 Å². The van der Waals surface area contributed by atoms with Gasteiger partial charge in [-0.15, -0.1) is 0 Å². The molecule has 0 bridgehead atoms. The van der Waals surface area contributed by atoms with Gasteiger partial charge in [-0.25, -0.2) is 0 Å². The summed E-state index contributed by atoms with van der Waals surface area (Å²) >= 11 is 0. The average molecular weight is 228 g/mol. The highest BCUT2D eigenvalue weighted by Crippen LogP contribution is 2.42. The van der Waals surface area contributed by atoms with Crippen molar-refractivity contribution in [2.75, 3.05) is 20.3 Å². The lowest BCUT2D eigenvalue weighted by atomic mass is 9.80. The number of rotatable bonds is 3. The second-order valence-corrected chi connectivity index (χ2v) is 4.57. The Labute approximate surface area is 96.2 Å². The van der Waals surface area contributed by atoms with Crippen molar-refractivity contribution in [2.45, 2.75) is 44.3 Å². The molecule has 4 nitrogen and oxygen atoms in total. The molecule has 0 amide bonds. The van der Waals surface area contributed by atoms with Gasteiger partial charge in [-0.1, -0.05) is 6.42 Å². The molecule has 1 atom stereocenters. The van der Waals surface area contributed by atoms with Gasteiger partial charge >= 0.3 is 5.97 Å². The van der Waals surface area contributed by atoms with Gasteiger partial charge in [0.15, 0.2) is 5.79 Å². The second kappa shape index (κ2) is 5.15. The lowest BCUT2D eigenvalue weighted by Crippen LogP contribution is -2.42. The fraction of sp³-hybridized carbons (Fsp3) is 0.917. The number of esters is 1. The van der Waals surface area contributed by atoms with Crippen LogP contribution in [0.2, 0.25) is 0 Å². The first kappa shape index (κ1) is 11.9. The SMILES string of the molecule is COC(=O)CCC1CCCCC12OCCO2. The first-order valence-electron chi connectivity index (χ1n) is 6.11. The smallest absolute Gasteiger partial charge is 0.305 e. The van der Waals surface area contributed by atoms with Crippen molar-refractivity contribution >= 4 is 5.97 Å². The Kier molecular flexibility index (Phi) is 3.82. The van der Waals surface area contributed by atoms with E-state index in [9.17, 15) is 4.79 Å². The number of hydrogen-bond acceptors (Lipinski definition) is 4. The van der Waals surface area contributed by atoms with E-state index >= 15 is 0 Å². The average Bonchev–Trinajstić information content (AvgIpc) is 2.77. The van der Waals surface area contributed by atoms with Crippen molar-refractivity contribution in [3.05, 3.63) is 0 Å². The van der Waals surface area contributed by atoms with E-state index in [1.54, 1.807) is 0 Å². The van der Waals surface area contributed by atoms with Crippen molar-refractivity contribution in [1.29, 1.82) is 0 Å². The summed E-state index contributed by atoms with van der Waals surface area (Å²) in [6, 6.07) is 0. The Hall–Kier alpha value is -0.610. The van der Waals surface area contributed by atoms with Crippen molar-refractivity contribution in [3.8, 4) is 0 Å². The van der Waals surface area contributed by atoms with E-state index in [0.717, 1.165) is 25.7 Å². The van der Waals surface area contributed by atoms with Crippen LogP contribution in [0.25, 0.3) is 0 Å². The number of hydrogen-bond donors (Lipinski definition) is 0. The molecule has 1 heterocycles. The summed E-state index contributed by atoms with van der Waals surface area (Å²) in [7, 11) is 1.43. The van der Waals surface area contributed by atoms with Crippen molar-refractivity contribution < 1.29 is 19.0 Å². The molecule has 1 spiro atoms. The molecule has 0 radical (unpaired) electrons. The summed E-state index contributed by atoms with van der Waals surface area (Å²) in [6.45, 7) is 1.38. The van der Waals surface area contributed by atoms with Gasteiger partial charge in [0.1, 0.15) is 0 Å². The molecule has 2 fully saturated rings. The Balaban J connectivity index is 1.92. The maximum absolute atomic E-state index is 11.2. The molecule has 1 saturated heterocycles. The van der Waals surface area contributed by atoms with E-state index in [1.807, 2.05) is 0 Å². The quantitative estimate of drug-likeness (QED) is 0.692. The highest BCUT2D eigenvalue weighted by Gasteiger charge is 2.45. The van der Waals surface area contributed by atoms with Crippen molar-refractivity contribution in [3.63, 3.8) is 0 Å². The van der Waals surface area contributed by atoms with Gasteiger partial charge in [-0.3, -0.25) is 4.79 Å². The molecule has 1 saturated carbocycles. The molecule has 2 rings (SSSR count). The van der Waals surface area contributed by atoms with Gasteiger partial charge < -0.3 is 14.2 Å². The molecule has 0 aromatic rings. The number of ether oxygens (including phenoxy) is 3. The van der Waals surface area contributed by atoms with E-state index in [1.165, 1.54) is 13.5 Å². The third-order valence-electron chi connectivity index (χ3n) is 3.65. The van der Waals surface area contributed by atoms with E-state index in [-0.39, 0.29) is 11.8 Å². The summed E-state index contributed by atoms with van der Waals surface area (Å²) in [4.78, 5) is 11.2. The van der Waals surface area contributed by atoms with Crippen LogP contribution in [0, 0.1) is 5.92 Å². The van der Waals surface area contributed by atoms with Crippen LogP contribution in [-0.2, 0) is 19.0 Å². The molecular formula is C12H20O4. The standard InChI is InChI=1S/C12H20O4/c1-14-11(13)6-5-10-4-2-3-7-12(10)15-8-9-16-12/h10H,2-9H2,1H3. The minimum absolute atomic E-state index is 0.140. The van der Waals surface area contributed by atoms with Crippen LogP contribution in [0.1, 0.15) is 38.5 Å². The molecule has 0 N–H and O–H groups in total. The van der Waals surface area contributed by atoms with Gasteiger partial charge in [0.25, 0.3) is 0 Å². The summed E-state index contributed by atoms with van der Waals surface area (Å²) in [5.74, 6) is -0.173. The van der Waals surface area contributed by atoms with Crippen molar-refractivity contribution in [1.82, 2.24) is 0 Å². The summed E-state index contributed by atoms with van der Waals surface area (Å²) in [5.41, 5.74) is 0. The van der Waals surface area contributed by atoms with Gasteiger partial charge in [0.05, 0.1) is 20.3 Å². The molecule has 1 aliphatic heterocycles. The highest BCUT2D eigenvalue weighted by atomic mass is 16.7. The number of carbonyl (C=O) groups excluding carboxylic acids is 1. The van der Waals surface area contributed by atoms with Crippen LogP contribution < -0.4 is 0 Å². The zero-order chi connectivity index (χ0) is 11.4. The lowest BCUT2D eigenvalue weighted by Gasteiger charge is -2.39. The first-order valence-corrected chi connectivity index (χ1v) is 6.11. The van der Waals surface area contributed by atoms with E-state index < -0.39 is 0 Å². The highest BCUT2D eigenvalue weighted by molar-refractivity contribution is 5.69. The monoisotopic (exact) mass is 228 g/mol. The molecule has 2 aliphatic rings. The molecule has 1 unspecified atom stereocenters. The Morgan fingerprint density at radius 2 is 2.12 bits per heavy atom. The first-order chi connectivity index (χ1) is 7.77. The van der Waals surface area contributed by atoms with Gasteiger partial charge in [0.2, 0.25) is 0 Å². The fourth-order valence-corrected chi connectivity index (χ4v) is 2.80. The zero-order valence-electron chi connectivity index (χ0n) is 9.87. The third-order valence-corrected chi connectivity index (χ3v) is 3.65. The van der Waals surface area contributed by atoms with Crippen molar-refractivity contribution in [2.24, 2.45) is 5.92 Å². The molecule has 1 aliphatic carbocycles. The minimum atomic E-state index is -0.383. The molecule has 0 aromatic heterocycles. The Morgan fingerprint density at radius 1 is 1.38 bits per heavy atom. The van der Waals surface area contributed by atoms with Gasteiger partial charge in [-0.2, -0.15) is 0 Å². The Morgan fingerprint density at radius 3 is 2.81 bits per heavy atom. The lowest BCUT2D eigenvalue weighted by molar-refractivity contribution is -0.214. The van der Waals surface area contributed by atoms with Crippen LogP contribution in [0.15, 0.2) is 0 Å². The molecular weight excluding hydrogens is 208 g/mol. The maximum atomic E-state index is 11.2. The predicted octanol–water partition coefficient (Wildman–Crippen LogP) is 1.87. The molecule has 16 heavy (non-hydrogen) atoms. The van der Waals surface area contributed by atoms with Crippen LogP contribution in [-0.4, -0.2) is 32.1 Å². The maximum Gasteiger partial charge on any atom is 0.305 e. The molecule has 0 aromatic carbocycles. The topological polar surface area (TPSA) is 44.8 Å². The number of methoxy groups -OCH3 is 1. The summed E-state index contributed by atoms with van der Waals surface area (Å²) < 4.78 is 16.2. The summed E-state index contributed by atoms with van der Waals surface area (Å²) in [6.07, 6.45) is 5.72. The normalized spacial score (nSPS) is 28.2. The number of carbonyl (C=O) groups is 1. The summed E-state index contributed by atoms with van der Waals surface area (Å²) in [5, 5.41) is 0. The fourth-order valence-electron chi connectivity index (χ4n) is 2.80. The zero-order valence-corrected chi connectivity index (χ0v) is 9.87. The minimum Gasteiger partial charge on any atom is -0.469 e. The van der Waals surface area contributed by atoms with Crippen LogP contribution in [0.5, 0.6) is 0 Å². The van der Waals surface area contributed by atoms with Gasteiger partial charge in [-0.05, 0) is 19.3 Å². The largest absolute Gasteiger partial charge is 0.469 e. The molecule has 92 valence electrons. The van der Waals surface area contributed by atoms with Crippen LogP contribution >= 0.6 is 0 Å². The van der Waals surface area contributed by atoms with Crippen LogP contribution in [0.4, 0.5) is 0 Å². The van der Waals surface area contributed by atoms with Gasteiger partial charge in [0, 0.05) is 18.8 Å². The van der Waals surface area contributed by atoms with E-state index in [2.05, 4.69) is 4.74 Å². The van der Waals surface area contributed by atoms with E-state index in [4.69, 9.17) is 9.47 Å². The Bertz CT molecular complexity index is 245.